The van der Waals surface area contributed by atoms with Gasteiger partial charge in [-0.3, -0.25) is 9.69 Å². The molecule has 1 saturated heterocycles. The zero-order valence-electron chi connectivity index (χ0n) is 15.0. The van der Waals surface area contributed by atoms with Crippen molar-refractivity contribution < 1.29 is 13.2 Å². The van der Waals surface area contributed by atoms with Crippen molar-refractivity contribution in [2.75, 3.05) is 10.7 Å². The number of amides is 1. The fourth-order valence-corrected chi connectivity index (χ4v) is 5.32. The second-order valence-electron chi connectivity index (χ2n) is 6.10. The highest BCUT2D eigenvalue weighted by atomic mass is 32.2. The summed E-state index contributed by atoms with van der Waals surface area (Å²) in [6.07, 6.45) is 0.858. The first-order chi connectivity index (χ1) is 12.9. The lowest BCUT2D eigenvalue weighted by Crippen LogP contribution is -2.25. The van der Waals surface area contributed by atoms with Crippen LogP contribution in [0.25, 0.3) is 0 Å². The van der Waals surface area contributed by atoms with E-state index in [2.05, 4.69) is 0 Å². The van der Waals surface area contributed by atoms with E-state index in [4.69, 9.17) is 0 Å². The van der Waals surface area contributed by atoms with E-state index in [-0.39, 0.29) is 21.6 Å². The molecule has 1 amide bonds. The fraction of sp³-hybridized carbons (Fsp3) is 0.200. The van der Waals surface area contributed by atoms with Crippen molar-refractivity contribution in [2.24, 2.45) is 0 Å². The van der Waals surface area contributed by atoms with Crippen molar-refractivity contribution in [1.82, 2.24) is 0 Å². The Labute approximate surface area is 163 Å². The Morgan fingerprint density at radius 2 is 1.78 bits per heavy atom. The minimum atomic E-state index is -4.02. The molecule has 0 atom stereocenters. The van der Waals surface area contributed by atoms with Crippen LogP contribution in [0.2, 0.25) is 0 Å². The number of hydrogen-bond donors (Lipinski definition) is 0. The van der Waals surface area contributed by atoms with E-state index in [1.807, 2.05) is 32.0 Å². The number of rotatable bonds is 4. The summed E-state index contributed by atoms with van der Waals surface area (Å²) in [7, 11) is -4.02. The van der Waals surface area contributed by atoms with Gasteiger partial charge in [0.05, 0.1) is 10.6 Å². The maximum absolute atomic E-state index is 13.0. The number of thioether (sulfide) groups is 1. The van der Waals surface area contributed by atoms with Crippen LogP contribution in [0.3, 0.4) is 0 Å². The molecule has 3 rings (SSSR count). The second kappa shape index (κ2) is 7.59. The largest absolute Gasteiger partial charge is 0.273 e. The molecule has 1 aliphatic rings. The molecule has 0 radical (unpaired) electrons. The third-order valence-electron chi connectivity index (χ3n) is 4.28. The van der Waals surface area contributed by atoms with Gasteiger partial charge in [0, 0.05) is 5.69 Å². The number of carbonyl (C=O) groups is 1. The number of carbonyl (C=O) groups excluding carboxylic acids is 1. The van der Waals surface area contributed by atoms with Gasteiger partial charge in [-0.2, -0.15) is 5.26 Å². The third kappa shape index (κ3) is 3.64. The van der Waals surface area contributed by atoms with E-state index in [1.54, 1.807) is 24.3 Å². The van der Waals surface area contributed by atoms with Gasteiger partial charge in [0.25, 0.3) is 0 Å². The SMILES string of the molecule is CCc1ccc(N2C(=O)CSC2=C(C#N)S(=O)(=O)c2ccc(C)cc2)cc1. The van der Waals surface area contributed by atoms with Crippen molar-refractivity contribution in [3.8, 4) is 6.07 Å². The molecule has 0 aliphatic carbocycles. The van der Waals surface area contributed by atoms with Crippen LogP contribution in [0.4, 0.5) is 5.69 Å². The monoisotopic (exact) mass is 398 g/mol. The molecule has 0 spiro atoms. The van der Waals surface area contributed by atoms with E-state index >= 15 is 0 Å². The average molecular weight is 399 g/mol. The summed E-state index contributed by atoms with van der Waals surface area (Å²) < 4.78 is 26.0. The number of aryl methyl sites for hydroxylation is 2. The zero-order valence-corrected chi connectivity index (χ0v) is 16.6. The van der Waals surface area contributed by atoms with Gasteiger partial charge in [-0.15, -0.1) is 0 Å². The van der Waals surface area contributed by atoms with Gasteiger partial charge in [-0.05, 0) is 43.2 Å². The van der Waals surface area contributed by atoms with Crippen molar-refractivity contribution in [3.05, 3.63) is 69.6 Å². The molecule has 1 aliphatic heterocycles. The number of anilines is 1. The Kier molecular flexibility index (Phi) is 5.40. The first-order valence-electron chi connectivity index (χ1n) is 8.39. The number of hydrogen-bond acceptors (Lipinski definition) is 5. The number of sulfone groups is 1. The van der Waals surface area contributed by atoms with Crippen molar-refractivity contribution >= 4 is 33.2 Å². The molecule has 7 heteroatoms. The minimum Gasteiger partial charge on any atom is -0.273 e. The Balaban J connectivity index is 2.13. The predicted molar refractivity (Wildman–Crippen MR) is 107 cm³/mol. The van der Waals surface area contributed by atoms with Crippen LogP contribution >= 0.6 is 11.8 Å². The minimum absolute atomic E-state index is 0.0402. The first kappa shape index (κ1) is 19.2. The predicted octanol–water partition coefficient (Wildman–Crippen LogP) is 3.80. The highest BCUT2D eigenvalue weighted by Gasteiger charge is 2.36. The lowest BCUT2D eigenvalue weighted by atomic mass is 10.1. The lowest BCUT2D eigenvalue weighted by Gasteiger charge is -2.19. The first-order valence-corrected chi connectivity index (χ1v) is 10.9. The Hall–Kier alpha value is -2.56. The van der Waals surface area contributed by atoms with Gasteiger partial charge >= 0.3 is 0 Å². The highest BCUT2D eigenvalue weighted by molar-refractivity contribution is 8.05. The summed E-state index contributed by atoms with van der Waals surface area (Å²) >= 11 is 1.08. The van der Waals surface area contributed by atoms with E-state index < -0.39 is 14.7 Å². The Bertz CT molecular complexity index is 1050. The van der Waals surface area contributed by atoms with Gasteiger partial charge in [0.2, 0.25) is 15.7 Å². The van der Waals surface area contributed by atoms with Gasteiger partial charge in [-0.25, -0.2) is 8.42 Å². The molecule has 0 aromatic heterocycles. The molecule has 2 aromatic carbocycles. The molecule has 138 valence electrons. The van der Waals surface area contributed by atoms with E-state index in [0.717, 1.165) is 29.3 Å². The van der Waals surface area contributed by atoms with Crippen LogP contribution < -0.4 is 4.90 Å². The van der Waals surface area contributed by atoms with Gasteiger partial charge in [0.15, 0.2) is 4.91 Å². The lowest BCUT2D eigenvalue weighted by molar-refractivity contribution is -0.115. The topological polar surface area (TPSA) is 78.2 Å². The Morgan fingerprint density at radius 3 is 2.33 bits per heavy atom. The molecule has 0 unspecified atom stereocenters. The summed E-state index contributed by atoms with van der Waals surface area (Å²) in [6, 6.07) is 15.5. The number of nitriles is 1. The molecule has 0 bridgehead atoms. The van der Waals surface area contributed by atoms with Crippen molar-refractivity contribution in [2.45, 2.75) is 25.2 Å². The van der Waals surface area contributed by atoms with Gasteiger partial charge in [-0.1, -0.05) is 48.5 Å². The standard InChI is InChI=1S/C20H18N2O3S2/c1-3-15-6-8-16(9-7-15)22-19(23)13-26-20(22)18(12-21)27(24,25)17-10-4-14(2)5-11-17/h4-11H,3,13H2,1-2H3. The molecular weight excluding hydrogens is 380 g/mol. The molecule has 5 nitrogen and oxygen atoms in total. The molecule has 27 heavy (non-hydrogen) atoms. The van der Waals surface area contributed by atoms with E-state index in [9.17, 15) is 18.5 Å². The molecule has 1 fully saturated rings. The van der Waals surface area contributed by atoms with Gasteiger partial charge < -0.3 is 0 Å². The van der Waals surface area contributed by atoms with E-state index in [1.165, 1.54) is 17.0 Å². The average Bonchev–Trinajstić information content (AvgIpc) is 3.03. The number of benzene rings is 2. The molecule has 0 N–H and O–H groups in total. The molecule has 2 aromatic rings. The van der Waals surface area contributed by atoms with Crippen LogP contribution in [0, 0.1) is 18.3 Å². The summed E-state index contributed by atoms with van der Waals surface area (Å²) in [6.45, 7) is 3.88. The fourth-order valence-electron chi connectivity index (χ4n) is 2.74. The third-order valence-corrected chi connectivity index (χ3v) is 7.18. The summed E-state index contributed by atoms with van der Waals surface area (Å²) in [4.78, 5) is 13.4. The van der Waals surface area contributed by atoms with Gasteiger partial charge in [0.1, 0.15) is 11.1 Å². The van der Waals surface area contributed by atoms with Crippen molar-refractivity contribution in [3.63, 3.8) is 0 Å². The summed E-state index contributed by atoms with van der Waals surface area (Å²) in [5, 5.41) is 9.79. The molecule has 1 heterocycles. The normalized spacial score (nSPS) is 16.3. The van der Waals surface area contributed by atoms with Crippen LogP contribution in [0.15, 0.2) is 63.4 Å². The molecular formula is C20H18N2O3S2. The maximum atomic E-state index is 13.0. The smallest absolute Gasteiger partial charge is 0.242 e. The van der Waals surface area contributed by atoms with Crippen LogP contribution in [-0.2, 0) is 21.1 Å². The zero-order chi connectivity index (χ0) is 19.6. The quantitative estimate of drug-likeness (QED) is 0.732. The van der Waals surface area contributed by atoms with Crippen LogP contribution in [-0.4, -0.2) is 20.1 Å². The van der Waals surface area contributed by atoms with Crippen molar-refractivity contribution in [1.29, 1.82) is 5.26 Å². The highest BCUT2D eigenvalue weighted by Crippen LogP contribution is 2.38. The number of nitrogens with zero attached hydrogens (tertiary/aromatic N) is 2. The maximum Gasteiger partial charge on any atom is 0.242 e. The molecule has 0 saturated carbocycles. The summed E-state index contributed by atoms with van der Waals surface area (Å²) in [5.41, 5.74) is 2.59. The van der Waals surface area contributed by atoms with Crippen LogP contribution in [0.1, 0.15) is 18.1 Å². The summed E-state index contributed by atoms with van der Waals surface area (Å²) in [5.74, 6) is -0.148. The van der Waals surface area contributed by atoms with Crippen LogP contribution in [0.5, 0.6) is 0 Å². The Morgan fingerprint density at radius 1 is 1.15 bits per heavy atom. The second-order valence-corrected chi connectivity index (χ2v) is 8.95. The number of allylic oxidation sites excluding steroid dienone is 1. The van der Waals surface area contributed by atoms with E-state index in [0.29, 0.717) is 5.69 Å².